The summed E-state index contributed by atoms with van der Waals surface area (Å²) in [6.07, 6.45) is 2.74. The van der Waals surface area contributed by atoms with Gasteiger partial charge in [0.05, 0.1) is 0 Å². The van der Waals surface area contributed by atoms with Crippen molar-refractivity contribution in [3.05, 3.63) is 23.9 Å². The van der Waals surface area contributed by atoms with Crippen molar-refractivity contribution in [2.75, 3.05) is 5.32 Å². The van der Waals surface area contributed by atoms with Gasteiger partial charge in [-0.2, -0.15) is 0 Å². The van der Waals surface area contributed by atoms with E-state index in [0.29, 0.717) is 11.7 Å². The highest BCUT2D eigenvalue weighted by atomic mass is 16.2. The molecule has 1 atom stereocenters. The number of carbonyl (C=O) groups is 1. The first-order valence-corrected chi connectivity index (χ1v) is 6.12. The maximum absolute atomic E-state index is 11.9. The number of nitrogens with one attached hydrogen (secondary N) is 1. The summed E-state index contributed by atoms with van der Waals surface area (Å²) in [5, 5.41) is 2.92. The van der Waals surface area contributed by atoms with E-state index >= 15 is 0 Å². The fourth-order valence-corrected chi connectivity index (χ4v) is 1.43. The predicted octanol–water partition coefficient (Wildman–Crippen LogP) is 3.58. The lowest BCUT2D eigenvalue weighted by atomic mass is 9.95. The molecule has 1 heterocycles. The SMILES string of the molecule is CCC(C)c1cccnc1NC(=O)C(C)(C)C. The minimum Gasteiger partial charge on any atom is -0.310 e. The molecular weight excluding hydrogens is 212 g/mol. The third-order valence-electron chi connectivity index (χ3n) is 2.90. The molecule has 3 heteroatoms. The summed E-state index contributed by atoms with van der Waals surface area (Å²) in [5.74, 6) is 1.10. The van der Waals surface area contributed by atoms with Crippen molar-refractivity contribution in [2.45, 2.75) is 47.0 Å². The fourth-order valence-electron chi connectivity index (χ4n) is 1.43. The van der Waals surface area contributed by atoms with Gasteiger partial charge in [0.1, 0.15) is 5.82 Å². The van der Waals surface area contributed by atoms with Crippen LogP contribution in [0.25, 0.3) is 0 Å². The van der Waals surface area contributed by atoms with Crippen molar-refractivity contribution in [2.24, 2.45) is 5.41 Å². The molecule has 1 unspecified atom stereocenters. The van der Waals surface area contributed by atoms with E-state index in [1.165, 1.54) is 0 Å². The first-order valence-electron chi connectivity index (χ1n) is 6.12. The largest absolute Gasteiger partial charge is 0.310 e. The number of hydrogen-bond acceptors (Lipinski definition) is 2. The Morgan fingerprint density at radius 1 is 1.47 bits per heavy atom. The first kappa shape index (κ1) is 13.7. The summed E-state index contributed by atoms with van der Waals surface area (Å²) in [6.45, 7) is 9.97. The molecule has 3 nitrogen and oxygen atoms in total. The lowest BCUT2D eigenvalue weighted by molar-refractivity contribution is -0.123. The van der Waals surface area contributed by atoms with Crippen LogP contribution < -0.4 is 5.32 Å². The molecule has 0 aromatic carbocycles. The topological polar surface area (TPSA) is 42.0 Å². The Morgan fingerprint density at radius 3 is 2.65 bits per heavy atom. The van der Waals surface area contributed by atoms with Crippen LogP contribution in [0.1, 0.15) is 52.5 Å². The summed E-state index contributed by atoms with van der Waals surface area (Å²) < 4.78 is 0. The minimum absolute atomic E-state index is 0.000697. The quantitative estimate of drug-likeness (QED) is 0.868. The van der Waals surface area contributed by atoms with Crippen LogP contribution in [0.5, 0.6) is 0 Å². The molecule has 94 valence electrons. The smallest absolute Gasteiger partial charge is 0.230 e. The summed E-state index contributed by atoms with van der Waals surface area (Å²) in [7, 11) is 0. The summed E-state index contributed by atoms with van der Waals surface area (Å²) in [6, 6.07) is 3.94. The van der Waals surface area contributed by atoms with Gasteiger partial charge in [-0.1, -0.05) is 40.7 Å². The molecule has 0 fully saturated rings. The molecule has 0 aliphatic heterocycles. The zero-order chi connectivity index (χ0) is 13.1. The van der Waals surface area contributed by atoms with Crippen LogP contribution in [0, 0.1) is 5.41 Å². The van der Waals surface area contributed by atoms with Gasteiger partial charge in [-0.3, -0.25) is 4.79 Å². The van der Waals surface area contributed by atoms with Crippen LogP contribution in [0.15, 0.2) is 18.3 Å². The maximum atomic E-state index is 11.9. The number of nitrogens with zero attached hydrogens (tertiary/aromatic N) is 1. The molecule has 17 heavy (non-hydrogen) atoms. The zero-order valence-electron chi connectivity index (χ0n) is 11.4. The molecule has 0 saturated heterocycles. The Kier molecular flexibility index (Phi) is 4.27. The Hall–Kier alpha value is -1.38. The predicted molar refractivity (Wildman–Crippen MR) is 71.0 cm³/mol. The molecule has 0 aliphatic carbocycles. The first-order chi connectivity index (χ1) is 7.86. The Bertz CT molecular complexity index is 393. The van der Waals surface area contributed by atoms with Crippen LogP contribution in [0.3, 0.4) is 0 Å². The van der Waals surface area contributed by atoms with E-state index in [0.717, 1.165) is 12.0 Å². The molecule has 1 aromatic heterocycles. The average molecular weight is 234 g/mol. The molecule has 0 aliphatic rings. The standard InChI is InChI=1S/C14H22N2O/c1-6-10(2)11-8-7-9-15-12(11)16-13(17)14(3,4)5/h7-10H,6H2,1-5H3,(H,15,16,17). The van der Waals surface area contributed by atoms with E-state index in [4.69, 9.17) is 0 Å². The van der Waals surface area contributed by atoms with E-state index in [2.05, 4.69) is 24.1 Å². The van der Waals surface area contributed by atoms with Gasteiger partial charge in [0.15, 0.2) is 0 Å². The molecule has 1 rings (SSSR count). The fraction of sp³-hybridized carbons (Fsp3) is 0.571. The second-order valence-corrected chi connectivity index (χ2v) is 5.45. The molecular formula is C14H22N2O. The Labute approximate surface area is 104 Å². The van der Waals surface area contributed by atoms with E-state index in [9.17, 15) is 4.79 Å². The monoisotopic (exact) mass is 234 g/mol. The number of aromatic nitrogens is 1. The summed E-state index contributed by atoms with van der Waals surface area (Å²) in [4.78, 5) is 16.2. The molecule has 0 saturated carbocycles. The van der Waals surface area contributed by atoms with Gasteiger partial charge in [-0.15, -0.1) is 0 Å². The van der Waals surface area contributed by atoms with Crippen LogP contribution in [-0.4, -0.2) is 10.9 Å². The van der Waals surface area contributed by atoms with Gasteiger partial charge in [-0.05, 0) is 24.0 Å². The van der Waals surface area contributed by atoms with Crippen LogP contribution in [0.2, 0.25) is 0 Å². The van der Waals surface area contributed by atoms with Crippen molar-refractivity contribution in [1.29, 1.82) is 0 Å². The second-order valence-electron chi connectivity index (χ2n) is 5.45. The third kappa shape index (κ3) is 3.55. The Morgan fingerprint density at radius 2 is 2.12 bits per heavy atom. The molecule has 0 bridgehead atoms. The van der Waals surface area contributed by atoms with Gasteiger partial charge in [0.2, 0.25) is 5.91 Å². The van der Waals surface area contributed by atoms with E-state index < -0.39 is 5.41 Å². The molecule has 0 radical (unpaired) electrons. The van der Waals surface area contributed by atoms with Crippen molar-refractivity contribution in [3.63, 3.8) is 0 Å². The van der Waals surface area contributed by atoms with Gasteiger partial charge >= 0.3 is 0 Å². The van der Waals surface area contributed by atoms with Gasteiger partial charge in [0.25, 0.3) is 0 Å². The summed E-state index contributed by atoms with van der Waals surface area (Å²) in [5.41, 5.74) is 0.706. The molecule has 0 spiro atoms. The number of pyridine rings is 1. The van der Waals surface area contributed by atoms with Gasteiger partial charge < -0.3 is 5.32 Å². The molecule has 1 N–H and O–H groups in total. The average Bonchev–Trinajstić information content (AvgIpc) is 2.27. The summed E-state index contributed by atoms with van der Waals surface area (Å²) >= 11 is 0. The Balaban J connectivity index is 2.95. The highest BCUT2D eigenvalue weighted by Crippen LogP contribution is 2.26. The highest BCUT2D eigenvalue weighted by molar-refractivity contribution is 5.94. The second kappa shape index (κ2) is 5.30. The van der Waals surface area contributed by atoms with Gasteiger partial charge in [0, 0.05) is 11.6 Å². The van der Waals surface area contributed by atoms with Crippen LogP contribution in [-0.2, 0) is 4.79 Å². The van der Waals surface area contributed by atoms with Gasteiger partial charge in [-0.25, -0.2) is 4.98 Å². The van der Waals surface area contributed by atoms with E-state index in [1.54, 1.807) is 6.20 Å². The van der Waals surface area contributed by atoms with Crippen molar-refractivity contribution < 1.29 is 4.79 Å². The lowest BCUT2D eigenvalue weighted by Gasteiger charge is -2.20. The van der Waals surface area contributed by atoms with E-state index in [1.807, 2.05) is 32.9 Å². The van der Waals surface area contributed by atoms with E-state index in [-0.39, 0.29) is 5.91 Å². The third-order valence-corrected chi connectivity index (χ3v) is 2.90. The number of hydrogen-bond donors (Lipinski definition) is 1. The molecule has 1 amide bonds. The molecule has 1 aromatic rings. The number of amides is 1. The number of carbonyl (C=O) groups excluding carboxylic acids is 1. The van der Waals surface area contributed by atoms with Crippen molar-refractivity contribution in [3.8, 4) is 0 Å². The minimum atomic E-state index is -0.399. The lowest BCUT2D eigenvalue weighted by Crippen LogP contribution is -2.28. The van der Waals surface area contributed by atoms with Crippen LogP contribution >= 0.6 is 0 Å². The maximum Gasteiger partial charge on any atom is 0.230 e. The zero-order valence-corrected chi connectivity index (χ0v) is 11.4. The number of rotatable bonds is 3. The normalized spacial score (nSPS) is 13.2. The van der Waals surface area contributed by atoms with Crippen molar-refractivity contribution in [1.82, 2.24) is 4.98 Å². The van der Waals surface area contributed by atoms with Crippen LogP contribution in [0.4, 0.5) is 5.82 Å². The highest BCUT2D eigenvalue weighted by Gasteiger charge is 2.23. The number of anilines is 1. The van der Waals surface area contributed by atoms with Crippen molar-refractivity contribution >= 4 is 11.7 Å².